The van der Waals surface area contributed by atoms with E-state index in [2.05, 4.69) is 74.6 Å². The molecule has 0 aromatic heterocycles. The molecule has 5 heteroatoms. The molecule has 1 N–H and O–H groups in total. The highest BCUT2D eigenvalue weighted by Crippen LogP contribution is 2.12. The molecule has 1 atom stereocenters. The number of aliphatic hydroxyl groups is 1. The summed E-state index contributed by atoms with van der Waals surface area (Å²) in [7, 11) is 0. The Hall–Kier alpha value is -2.66. The second-order valence-electron chi connectivity index (χ2n) is 13.4. The largest absolute Gasteiger partial charge is 0.462 e. The first kappa shape index (κ1) is 47.3. The fourth-order valence-corrected chi connectivity index (χ4v) is 5.35. The molecule has 0 spiro atoms. The summed E-state index contributed by atoms with van der Waals surface area (Å²) in [5, 5.41) is 9.55. The molecule has 0 aliphatic rings. The Bertz CT molecular complexity index is 926. The van der Waals surface area contributed by atoms with Crippen LogP contribution in [0.4, 0.5) is 0 Å². The van der Waals surface area contributed by atoms with Crippen LogP contribution in [0, 0.1) is 0 Å². The van der Waals surface area contributed by atoms with E-state index in [1.807, 2.05) is 12.2 Å². The molecule has 0 aromatic carbocycles. The number of carbonyl (C=O) groups excluding carboxylic acids is 2. The quantitative estimate of drug-likeness (QED) is 0.0401. The normalized spacial score (nSPS) is 12.9. The third kappa shape index (κ3) is 38.1. The van der Waals surface area contributed by atoms with E-state index in [4.69, 9.17) is 9.47 Å². The van der Waals surface area contributed by atoms with Crippen LogP contribution in [-0.4, -0.2) is 36.4 Å². The minimum Gasteiger partial charge on any atom is -0.462 e. The number of allylic oxidation sites excluding steroid dienone is 12. The predicted octanol–water partition coefficient (Wildman–Crippen LogP) is 13.0. The molecule has 0 heterocycles. The summed E-state index contributed by atoms with van der Waals surface area (Å²) in [6.07, 6.45) is 54.0. The number of rotatable bonds is 36. The molecule has 0 bridgehead atoms. The Morgan fingerprint density at radius 2 is 0.840 bits per heavy atom. The van der Waals surface area contributed by atoms with Gasteiger partial charge in [0, 0.05) is 12.8 Å². The molecule has 0 radical (unpaired) electrons. The third-order valence-electron chi connectivity index (χ3n) is 8.49. The van der Waals surface area contributed by atoms with Gasteiger partial charge in [-0.05, 0) is 77.0 Å². The first-order chi connectivity index (χ1) is 24.6. The topological polar surface area (TPSA) is 72.8 Å². The Balaban J connectivity index is 3.70. The third-order valence-corrected chi connectivity index (χ3v) is 8.49. The molecule has 0 saturated heterocycles. The minimum atomic E-state index is -0.806. The van der Waals surface area contributed by atoms with Crippen LogP contribution in [-0.2, 0) is 19.1 Å². The fourth-order valence-electron chi connectivity index (χ4n) is 5.35. The van der Waals surface area contributed by atoms with E-state index in [9.17, 15) is 14.7 Å². The molecule has 0 amide bonds. The SMILES string of the molecule is CCCCC/C=C\C/C=C\C/C=C\C/C=C\C/C=C\CCC(=O)OC[C@H](CO)OC(=O)CCCCCCCCC/C=C\CCCCCCCC. The monoisotopic (exact) mass is 697 g/mol. The van der Waals surface area contributed by atoms with Gasteiger partial charge in [-0.15, -0.1) is 0 Å². The van der Waals surface area contributed by atoms with Gasteiger partial charge in [-0.2, -0.15) is 0 Å². The zero-order valence-electron chi connectivity index (χ0n) is 32.4. The van der Waals surface area contributed by atoms with Gasteiger partial charge in [0.1, 0.15) is 6.61 Å². The number of esters is 2. The Morgan fingerprint density at radius 1 is 0.460 bits per heavy atom. The lowest BCUT2D eigenvalue weighted by atomic mass is 10.1. The molecule has 50 heavy (non-hydrogen) atoms. The van der Waals surface area contributed by atoms with Gasteiger partial charge in [-0.1, -0.05) is 164 Å². The van der Waals surface area contributed by atoms with Crippen molar-refractivity contribution in [1.82, 2.24) is 0 Å². The van der Waals surface area contributed by atoms with Crippen LogP contribution in [0.5, 0.6) is 0 Å². The number of hydrogen-bond acceptors (Lipinski definition) is 5. The van der Waals surface area contributed by atoms with E-state index in [0.29, 0.717) is 12.8 Å². The fraction of sp³-hybridized carbons (Fsp3) is 0.689. The zero-order chi connectivity index (χ0) is 36.4. The van der Waals surface area contributed by atoms with Gasteiger partial charge in [0.2, 0.25) is 0 Å². The summed E-state index contributed by atoms with van der Waals surface area (Å²) in [5.41, 5.74) is 0. The second-order valence-corrected chi connectivity index (χ2v) is 13.4. The summed E-state index contributed by atoms with van der Waals surface area (Å²) in [6, 6.07) is 0. The number of hydrogen-bond donors (Lipinski definition) is 1. The van der Waals surface area contributed by atoms with Gasteiger partial charge in [0.25, 0.3) is 0 Å². The molecule has 286 valence electrons. The van der Waals surface area contributed by atoms with Crippen molar-refractivity contribution in [2.45, 2.75) is 187 Å². The summed E-state index contributed by atoms with van der Waals surface area (Å²) in [6.45, 7) is 4.03. The first-order valence-corrected chi connectivity index (χ1v) is 20.5. The van der Waals surface area contributed by atoms with Crippen LogP contribution in [0.1, 0.15) is 181 Å². The maximum absolute atomic E-state index is 12.2. The van der Waals surface area contributed by atoms with Gasteiger partial charge in [0.15, 0.2) is 6.10 Å². The summed E-state index contributed by atoms with van der Waals surface area (Å²) >= 11 is 0. The lowest BCUT2D eigenvalue weighted by molar-refractivity contribution is -0.161. The molecule has 0 saturated carbocycles. The highest BCUT2D eigenvalue weighted by Gasteiger charge is 2.15. The summed E-state index contributed by atoms with van der Waals surface area (Å²) < 4.78 is 10.5. The van der Waals surface area contributed by atoms with Crippen LogP contribution < -0.4 is 0 Å². The van der Waals surface area contributed by atoms with Crippen LogP contribution >= 0.6 is 0 Å². The van der Waals surface area contributed by atoms with Crippen molar-refractivity contribution in [3.05, 3.63) is 72.9 Å². The average molecular weight is 697 g/mol. The van der Waals surface area contributed by atoms with E-state index in [0.717, 1.165) is 44.9 Å². The van der Waals surface area contributed by atoms with E-state index in [-0.39, 0.29) is 31.6 Å². The van der Waals surface area contributed by atoms with E-state index in [1.54, 1.807) is 0 Å². The smallest absolute Gasteiger partial charge is 0.306 e. The minimum absolute atomic E-state index is 0.110. The summed E-state index contributed by atoms with van der Waals surface area (Å²) in [5.74, 6) is -0.696. The molecule has 0 aliphatic heterocycles. The van der Waals surface area contributed by atoms with Crippen LogP contribution in [0.2, 0.25) is 0 Å². The van der Waals surface area contributed by atoms with Crippen molar-refractivity contribution in [2.75, 3.05) is 13.2 Å². The lowest BCUT2D eigenvalue weighted by Gasteiger charge is -2.15. The van der Waals surface area contributed by atoms with Crippen molar-refractivity contribution >= 4 is 11.9 Å². The maximum atomic E-state index is 12.2. The second kappa shape index (κ2) is 40.8. The Morgan fingerprint density at radius 3 is 1.34 bits per heavy atom. The van der Waals surface area contributed by atoms with Crippen molar-refractivity contribution in [3.8, 4) is 0 Å². The average Bonchev–Trinajstić information content (AvgIpc) is 3.12. The molecule has 5 nitrogen and oxygen atoms in total. The van der Waals surface area contributed by atoms with Crippen LogP contribution in [0.25, 0.3) is 0 Å². The van der Waals surface area contributed by atoms with Gasteiger partial charge >= 0.3 is 11.9 Å². The van der Waals surface area contributed by atoms with Gasteiger partial charge in [-0.25, -0.2) is 0 Å². The van der Waals surface area contributed by atoms with Gasteiger partial charge in [0.05, 0.1) is 6.61 Å². The standard InChI is InChI=1S/C45H76O5/c1-3-5-7-9-11-13-15-17-19-21-22-24-25-27-29-31-33-35-37-39-44(47)49-42-43(41-46)50-45(48)40-38-36-34-32-30-28-26-23-20-18-16-14-12-10-8-6-4-2/h11,13,17-20,22,24,27,29,33,35,43,46H,3-10,12,14-16,21,23,25-26,28,30-32,34,36-42H2,1-2H3/b13-11-,19-17-,20-18-,24-22-,29-27-,35-33-/t43-/m0/s1. The highest BCUT2D eigenvalue weighted by molar-refractivity contribution is 5.70. The van der Waals surface area contributed by atoms with Crippen molar-refractivity contribution in [2.24, 2.45) is 0 Å². The molecular weight excluding hydrogens is 620 g/mol. The maximum Gasteiger partial charge on any atom is 0.306 e. The number of ether oxygens (including phenoxy) is 2. The van der Waals surface area contributed by atoms with Crippen molar-refractivity contribution in [1.29, 1.82) is 0 Å². The molecule has 0 aliphatic carbocycles. The molecule has 0 fully saturated rings. The van der Waals surface area contributed by atoms with Crippen LogP contribution in [0.3, 0.4) is 0 Å². The zero-order valence-corrected chi connectivity index (χ0v) is 32.4. The molecule has 0 unspecified atom stereocenters. The molecule has 0 rings (SSSR count). The Labute approximate surface area is 308 Å². The van der Waals surface area contributed by atoms with Gasteiger partial charge in [-0.3, -0.25) is 9.59 Å². The Kier molecular flexibility index (Phi) is 38.6. The van der Waals surface area contributed by atoms with Crippen molar-refractivity contribution < 1.29 is 24.2 Å². The molecule has 0 aromatic rings. The van der Waals surface area contributed by atoms with Gasteiger partial charge < -0.3 is 14.6 Å². The van der Waals surface area contributed by atoms with E-state index < -0.39 is 6.10 Å². The number of aliphatic hydroxyl groups excluding tert-OH is 1. The van der Waals surface area contributed by atoms with Crippen LogP contribution in [0.15, 0.2) is 72.9 Å². The summed E-state index contributed by atoms with van der Waals surface area (Å²) in [4.78, 5) is 24.2. The molecular formula is C45H76O5. The van der Waals surface area contributed by atoms with E-state index >= 15 is 0 Å². The number of unbranched alkanes of at least 4 members (excludes halogenated alkanes) is 16. The predicted molar refractivity (Wildman–Crippen MR) is 214 cm³/mol. The van der Waals surface area contributed by atoms with Crippen molar-refractivity contribution in [3.63, 3.8) is 0 Å². The first-order valence-electron chi connectivity index (χ1n) is 20.5. The van der Waals surface area contributed by atoms with E-state index in [1.165, 1.54) is 103 Å². The highest BCUT2D eigenvalue weighted by atomic mass is 16.6. The number of carbonyl (C=O) groups is 2. The lowest BCUT2D eigenvalue weighted by Crippen LogP contribution is -2.28.